The number of rotatable bonds is 4. The number of amides is 2. The van der Waals surface area contributed by atoms with E-state index in [1.807, 2.05) is 56.0 Å². The van der Waals surface area contributed by atoms with E-state index in [1.165, 1.54) is 0 Å². The predicted octanol–water partition coefficient (Wildman–Crippen LogP) is 3.65. The molecule has 1 fully saturated rings. The lowest BCUT2D eigenvalue weighted by Gasteiger charge is -2.38. The second-order valence-corrected chi connectivity index (χ2v) is 9.51. The SMILES string of the molecule is CC(C)(C)C(NC(=O)c1nc(-c2ccccc2)n2c1CCCCC2)C(=O)N1CCC1. The van der Waals surface area contributed by atoms with Crippen LogP contribution in [0.3, 0.4) is 0 Å². The summed E-state index contributed by atoms with van der Waals surface area (Å²) in [5, 5.41) is 3.05. The second-order valence-electron chi connectivity index (χ2n) is 9.51. The molecule has 0 bridgehead atoms. The third-order valence-electron chi connectivity index (χ3n) is 6.17. The highest BCUT2D eigenvalue weighted by atomic mass is 16.2. The molecule has 1 N–H and O–H groups in total. The molecule has 160 valence electrons. The van der Waals surface area contributed by atoms with E-state index in [2.05, 4.69) is 9.88 Å². The molecule has 2 aliphatic rings. The van der Waals surface area contributed by atoms with Crippen LogP contribution in [0.4, 0.5) is 0 Å². The number of aromatic nitrogens is 2. The summed E-state index contributed by atoms with van der Waals surface area (Å²) < 4.78 is 2.21. The highest BCUT2D eigenvalue weighted by Gasteiger charge is 2.38. The fraction of sp³-hybridized carbons (Fsp3) is 0.542. The number of nitrogens with zero attached hydrogens (tertiary/aromatic N) is 3. The summed E-state index contributed by atoms with van der Waals surface area (Å²) in [5.41, 5.74) is 2.11. The molecule has 0 saturated carbocycles. The number of hydrogen-bond donors (Lipinski definition) is 1. The first-order valence-electron chi connectivity index (χ1n) is 11.1. The quantitative estimate of drug-likeness (QED) is 0.840. The molecule has 6 heteroatoms. The Labute approximate surface area is 178 Å². The second kappa shape index (κ2) is 8.25. The summed E-state index contributed by atoms with van der Waals surface area (Å²) in [7, 11) is 0. The Morgan fingerprint density at radius 3 is 2.37 bits per heavy atom. The topological polar surface area (TPSA) is 67.2 Å². The first-order valence-corrected chi connectivity index (χ1v) is 11.1. The smallest absolute Gasteiger partial charge is 0.272 e. The van der Waals surface area contributed by atoms with Crippen LogP contribution in [-0.2, 0) is 17.8 Å². The number of carbonyl (C=O) groups excluding carboxylic acids is 2. The van der Waals surface area contributed by atoms with Gasteiger partial charge in [0, 0.05) is 25.2 Å². The van der Waals surface area contributed by atoms with Crippen LogP contribution in [0.15, 0.2) is 30.3 Å². The molecule has 2 amide bonds. The fourth-order valence-electron chi connectivity index (χ4n) is 4.28. The molecular formula is C24H32N4O2. The van der Waals surface area contributed by atoms with Crippen LogP contribution in [0, 0.1) is 5.41 Å². The van der Waals surface area contributed by atoms with E-state index >= 15 is 0 Å². The van der Waals surface area contributed by atoms with E-state index < -0.39 is 6.04 Å². The number of carbonyl (C=O) groups is 2. The van der Waals surface area contributed by atoms with Crippen LogP contribution in [0.5, 0.6) is 0 Å². The van der Waals surface area contributed by atoms with E-state index in [4.69, 9.17) is 4.98 Å². The molecule has 2 aromatic rings. The van der Waals surface area contributed by atoms with Gasteiger partial charge in [-0.3, -0.25) is 9.59 Å². The highest BCUT2D eigenvalue weighted by molar-refractivity contribution is 5.98. The van der Waals surface area contributed by atoms with Crippen LogP contribution >= 0.6 is 0 Å². The van der Waals surface area contributed by atoms with E-state index in [-0.39, 0.29) is 17.2 Å². The lowest BCUT2D eigenvalue weighted by molar-refractivity contribution is -0.139. The number of hydrogen-bond acceptors (Lipinski definition) is 3. The van der Waals surface area contributed by atoms with Crippen LogP contribution in [0.2, 0.25) is 0 Å². The maximum Gasteiger partial charge on any atom is 0.272 e. The Balaban J connectivity index is 1.67. The monoisotopic (exact) mass is 408 g/mol. The molecule has 2 aliphatic heterocycles. The number of benzene rings is 1. The summed E-state index contributed by atoms with van der Waals surface area (Å²) in [6.45, 7) is 8.42. The Kier molecular flexibility index (Phi) is 5.67. The average Bonchev–Trinajstić information content (AvgIpc) is 2.85. The van der Waals surface area contributed by atoms with Gasteiger partial charge in [0.2, 0.25) is 5.91 Å². The largest absolute Gasteiger partial charge is 0.341 e. The van der Waals surface area contributed by atoms with Crippen LogP contribution in [0.1, 0.15) is 62.6 Å². The number of likely N-dealkylation sites (tertiary alicyclic amines) is 1. The average molecular weight is 409 g/mol. The molecule has 0 spiro atoms. The van der Waals surface area contributed by atoms with E-state index in [1.54, 1.807) is 0 Å². The molecular weight excluding hydrogens is 376 g/mol. The molecule has 4 rings (SSSR count). The van der Waals surface area contributed by atoms with Crippen LogP contribution in [0.25, 0.3) is 11.4 Å². The van der Waals surface area contributed by atoms with Gasteiger partial charge in [-0.2, -0.15) is 0 Å². The molecule has 1 atom stereocenters. The highest BCUT2D eigenvalue weighted by Crippen LogP contribution is 2.28. The minimum Gasteiger partial charge on any atom is -0.341 e. The Morgan fingerprint density at radius 2 is 1.73 bits per heavy atom. The van der Waals surface area contributed by atoms with Crippen LogP contribution in [-0.4, -0.2) is 45.4 Å². The van der Waals surface area contributed by atoms with Gasteiger partial charge in [-0.25, -0.2) is 4.98 Å². The minimum absolute atomic E-state index is 0.00989. The summed E-state index contributed by atoms with van der Waals surface area (Å²) >= 11 is 0. The zero-order chi connectivity index (χ0) is 21.3. The van der Waals surface area contributed by atoms with Crippen molar-refractivity contribution in [2.75, 3.05) is 13.1 Å². The first kappa shape index (κ1) is 20.6. The molecule has 1 unspecified atom stereocenters. The summed E-state index contributed by atoms with van der Waals surface area (Å²) in [5.74, 6) is 0.617. The summed E-state index contributed by atoms with van der Waals surface area (Å²) in [4.78, 5) is 33.0. The minimum atomic E-state index is -0.561. The van der Waals surface area contributed by atoms with Gasteiger partial charge in [-0.05, 0) is 31.1 Å². The number of fused-ring (bicyclic) bond motifs is 1. The zero-order valence-corrected chi connectivity index (χ0v) is 18.3. The lowest BCUT2D eigenvalue weighted by Crippen LogP contribution is -2.57. The van der Waals surface area contributed by atoms with E-state index in [9.17, 15) is 9.59 Å². The molecule has 1 saturated heterocycles. The van der Waals surface area contributed by atoms with Gasteiger partial charge in [-0.1, -0.05) is 57.5 Å². The fourth-order valence-corrected chi connectivity index (χ4v) is 4.28. The zero-order valence-electron chi connectivity index (χ0n) is 18.3. The van der Waals surface area contributed by atoms with Gasteiger partial charge in [-0.15, -0.1) is 0 Å². The van der Waals surface area contributed by atoms with Crippen molar-refractivity contribution in [3.8, 4) is 11.4 Å². The van der Waals surface area contributed by atoms with Crippen molar-refractivity contribution in [1.82, 2.24) is 19.8 Å². The normalized spacial score (nSPS) is 17.5. The van der Waals surface area contributed by atoms with Gasteiger partial charge in [0.1, 0.15) is 17.6 Å². The van der Waals surface area contributed by atoms with Gasteiger partial charge in [0.25, 0.3) is 5.91 Å². The standard InChI is InChI=1S/C24H32N4O2/c1-24(2,3)20(23(30)27-14-10-15-27)26-22(29)19-18-13-8-5-9-16-28(18)21(25-19)17-11-6-4-7-12-17/h4,6-7,11-12,20H,5,8-10,13-16H2,1-3H3,(H,26,29). The van der Waals surface area contributed by atoms with E-state index in [0.29, 0.717) is 5.69 Å². The number of imidazole rings is 1. The molecule has 1 aromatic carbocycles. The van der Waals surface area contributed by atoms with E-state index in [0.717, 1.165) is 68.8 Å². The maximum atomic E-state index is 13.4. The Morgan fingerprint density at radius 1 is 1.00 bits per heavy atom. The molecule has 30 heavy (non-hydrogen) atoms. The summed E-state index contributed by atoms with van der Waals surface area (Å²) in [6.07, 6.45) is 5.15. The van der Waals surface area contributed by atoms with Gasteiger partial charge >= 0.3 is 0 Å². The Bertz CT molecular complexity index is 923. The molecule has 1 aromatic heterocycles. The van der Waals surface area contributed by atoms with Crippen molar-refractivity contribution < 1.29 is 9.59 Å². The van der Waals surface area contributed by atoms with Crippen molar-refractivity contribution >= 4 is 11.8 Å². The molecule has 3 heterocycles. The third-order valence-corrected chi connectivity index (χ3v) is 6.17. The maximum absolute atomic E-state index is 13.4. The summed E-state index contributed by atoms with van der Waals surface area (Å²) in [6, 6.07) is 9.48. The van der Waals surface area contributed by atoms with Crippen LogP contribution < -0.4 is 5.32 Å². The van der Waals surface area contributed by atoms with Crippen molar-refractivity contribution in [3.05, 3.63) is 41.7 Å². The van der Waals surface area contributed by atoms with Gasteiger partial charge < -0.3 is 14.8 Å². The Hall–Kier alpha value is -2.63. The molecule has 6 nitrogen and oxygen atoms in total. The van der Waals surface area contributed by atoms with Crippen molar-refractivity contribution in [1.29, 1.82) is 0 Å². The van der Waals surface area contributed by atoms with Crippen molar-refractivity contribution in [2.45, 2.75) is 65.5 Å². The van der Waals surface area contributed by atoms with Crippen molar-refractivity contribution in [2.24, 2.45) is 5.41 Å². The van der Waals surface area contributed by atoms with Gasteiger partial charge in [0.15, 0.2) is 0 Å². The lowest BCUT2D eigenvalue weighted by atomic mass is 9.85. The van der Waals surface area contributed by atoms with Gasteiger partial charge in [0.05, 0.1) is 5.69 Å². The first-order chi connectivity index (χ1) is 14.4. The predicted molar refractivity (Wildman–Crippen MR) is 117 cm³/mol. The van der Waals surface area contributed by atoms with Crippen molar-refractivity contribution in [3.63, 3.8) is 0 Å². The third kappa shape index (κ3) is 4.00. The molecule has 0 radical (unpaired) electrons. The number of nitrogens with one attached hydrogen (secondary N) is 1. The molecule has 0 aliphatic carbocycles.